The lowest BCUT2D eigenvalue weighted by molar-refractivity contribution is -0.119. The van der Waals surface area contributed by atoms with Crippen LogP contribution < -0.4 is 15.4 Å². The Hall–Kier alpha value is -2.12. The standard InChI is InChI=1S/C20H20Br2N2O3/c1-12(2)20(26)24-16-6-4-5-15(11-16)23-18(25)8-7-13-9-14(21)10-17(22)19(13)27-3/h4-12H,1-3H3,(H,23,25)(H,24,26)/b8-7+. The van der Waals surface area contributed by atoms with Crippen LogP contribution in [0.2, 0.25) is 0 Å². The molecule has 142 valence electrons. The number of rotatable bonds is 6. The van der Waals surface area contributed by atoms with Crippen LogP contribution >= 0.6 is 31.9 Å². The molecule has 0 atom stereocenters. The SMILES string of the molecule is COc1c(Br)cc(Br)cc1/C=C/C(=O)Nc1cccc(NC(=O)C(C)C)c1. The normalized spacial score (nSPS) is 10.9. The van der Waals surface area contributed by atoms with E-state index >= 15 is 0 Å². The van der Waals surface area contributed by atoms with Crippen molar-refractivity contribution in [3.8, 4) is 5.75 Å². The number of halogens is 2. The van der Waals surface area contributed by atoms with E-state index in [1.807, 2.05) is 26.0 Å². The minimum Gasteiger partial charge on any atom is -0.495 e. The maximum Gasteiger partial charge on any atom is 0.248 e. The molecule has 2 aromatic carbocycles. The number of carbonyl (C=O) groups is 2. The molecule has 2 rings (SSSR count). The van der Waals surface area contributed by atoms with Gasteiger partial charge < -0.3 is 15.4 Å². The number of hydrogen-bond donors (Lipinski definition) is 2. The van der Waals surface area contributed by atoms with Crippen LogP contribution in [0.5, 0.6) is 5.75 Å². The van der Waals surface area contributed by atoms with E-state index < -0.39 is 0 Å². The summed E-state index contributed by atoms with van der Waals surface area (Å²) in [5.41, 5.74) is 1.98. The van der Waals surface area contributed by atoms with Crippen molar-refractivity contribution in [3.63, 3.8) is 0 Å². The summed E-state index contributed by atoms with van der Waals surface area (Å²) in [5, 5.41) is 5.59. The van der Waals surface area contributed by atoms with E-state index in [4.69, 9.17) is 4.74 Å². The highest BCUT2D eigenvalue weighted by Crippen LogP contribution is 2.33. The molecule has 0 spiro atoms. The van der Waals surface area contributed by atoms with Gasteiger partial charge in [0.2, 0.25) is 11.8 Å². The van der Waals surface area contributed by atoms with Crippen molar-refractivity contribution in [2.45, 2.75) is 13.8 Å². The van der Waals surface area contributed by atoms with Crippen LogP contribution in [0.1, 0.15) is 19.4 Å². The zero-order valence-electron chi connectivity index (χ0n) is 15.2. The molecule has 0 fully saturated rings. The molecular formula is C20H20Br2N2O3. The molecule has 0 aliphatic carbocycles. The van der Waals surface area contributed by atoms with Crippen molar-refractivity contribution >= 4 is 61.1 Å². The fourth-order valence-electron chi connectivity index (χ4n) is 2.23. The Morgan fingerprint density at radius 1 is 1.07 bits per heavy atom. The molecule has 0 radical (unpaired) electrons. The highest BCUT2D eigenvalue weighted by molar-refractivity contribution is 9.11. The molecule has 0 saturated carbocycles. The average Bonchev–Trinajstić information content (AvgIpc) is 2.59. The number of carbonyl (C=O) groups excluding carboxylic acids is 2. The topological polar surface area (TPSA) is 67.4 Å². The summed E-state index contributed by atoms with van der Waals surface area (Å²) in [7, 11) is 1.57. The Labute approximate surface area is 175 Å². The maximum absolute atomic E-state index is 12.2. The van der Waals surface area contributed by atoms with Crippen LogP contribution in [0, 0.1) is 5.92 Å². The van der Waals surface area contributed by atoms with Crippen molar-refractivity contribution in [1.82, 2.24) is 0 Å². The fraction of sp³-hybridized carbons (Fsp3) is 0.200. The number of hydrogen-bond acceptors (Lipinski definition) is 3. The first-order valence-electron chi connectivity index (χ1n) is 8.23. The highest BCUT2D eigenvalue weighted by Gasteiger charge is 2.09. The van der Waals surface area contributed by atoms with Crippen molar-refractivity contribution in [1.29, 1.82) is 0 Å². The summed E-state index contributed by atoms with van der Waals surface area (Å²) in [4.78, 5) is 24.0. The Morgan fingerprint density at radius 2 is 1.74 bits per heavy atom. The van der Waals surface area contributed by atoms with Crippen LogP contribution in [-0.2, 0) is 9.59 Å². The van der Waals surface area contributed by atoms with E-state index in [0.717, 1.165) is 14.5 Å². The number of benzene rings is 2. The minimum absolute atomic E-state index is 0.0781. The molecule has 0 bridgehead atoms. The summed E-state index contributed by atoms with van der Waals surface area (Å²) < 4.78 is 7.01. The van der Waals surface area contributed by atoms with Crippen molar-refractivity contribution in [2.24, 2.45) is 5.92 Å². The number of amides is 2. The van der Waals surface area contributed by atoms with Crippen molar-refractivity contribution in [3.05, 3.63) is 57.0 Å². The monoisotopic (exact) mass is 494 g/mol. The van der Waals surface area contributed by atoms with Gasteiger partial charge in [-0.25, -0.2) is 0 Å². The fourth-order valence-corrected chi connectivity index (χ4v) is 3.65. The third kappa shape index (κ3) is 6.22. The number of anilines is 2. The third-order valence-corrected chi connectivity index (χ3v) is 4.62. The number of nitrogens with one attached hydrogen (secondary N) is 2. The Kier molecular flexibility index (Phi) is 7.62. The average molecular weight is 496 g/mol. The maximum atomic E-state index is 12.2. The zero-order valence-corrected chi connectivity index (χ0v) is 18.3. The van der Waals surface area contributed by atoms with Gasteiger partial charge in [0, 0.05) is 33.4 Å². The molecule has 7 heteroatoms. The quantitative estimate of drug-likeness (QED) is 0.522. The summed E-state index contributed by atoms with van der Waals surface area (Å²) in [6.45, 7) is 3.64. The van der Waals surface area contributed by atoms with Crippen LogP contribution in [0.4, 0.5) is 11.4 Å². The molecule has 2 N–H and O–H groups in total. The Bertz CT molecular complexity index is 880. The van der Waals surface area contributed by atoms with Crippen LogP contribution in [0.25, 0.3) is 6.08 Å². The lowest BCUT2D eigenvalue weighted by atomic mass is 10.2. The second-order valence-electron chi connectivity index (χ2n) is 6.06. The van der Waals surface area contributed by atoms with Gasteiger partial charge in [-0.05, 0) is 52.3 Å². The van der Waals surface area contributed by atoms with Gasteiger partial charge in [0.1, 0.15) is 5.75 Å². The summed E-state index contributed by atoms with van der Waals surface area (Å²) in [6, 6.07) is 10.7. The molecule has 27 heavy (non-hydrogen) atoms. The van der Waals surface area contributed by atoms with Crippen molar-refractivity contribution in [2.75, 3.05) is 17.7 Å². The summed E-state index contributed by atoms with van der Waals surface area (Å²) in [5.74, 6) is 0.150. The molecule has 0 unspecified atom stereocenters. The predicted molar refractivity (Wildman–Crippen MR) is 116 cm³/mol. The van der Waals surface area contributed by atoms with Gasteiger partial charge in [-0.1, -0.05) is 35.8 Å². The van der Waals surface area contributed by atoms with Crippen LogP contribution in [0.3, 0.4) is 0 Å². The van der Waals surface area contributed by atoms with E-state index in [1.165, 1.54) is 6.08 Å². The van der Waals surface area contributed by atoms with Gasteiger partial charge in [0.05, 0.1) is 11.6 Å². The largest absolute Gasteiger partial charge is 0.495 e. The van der Waals surface area contributed by atoms with Crippen LogP contribution in [-0.4, -0.2) is 18.9 Å². The van der Waals surface area contributed by atoms with E-state index in [0.29, 0.717) is 17.1 Å². The molecule has 2 amide bonds. The first-order valence-corrected chi connectivity index (χ1v) is 9.81. The molecule has 0 saturated heterocycles. The molecule has 0 aliphatic heterocycles. The second kappa shape index (κ2) is 9.71. The first kappa shape index (κ1) is 21.2. The van der Waals surface area contributed by atoms with E-state index in [1.54, 1.807) is 37.5 Å². The van der Waals surface area contributed by atoms with E-state index in [9.17, 15) is 9.59 Å². The molecule has 0 aliphatic rings. The van der Waals surface area contributed by atoms with Gasteiger partial charge in [-0.15, -0.1) is 0 Å². The predicted octanol–water partition coefficient (Wildman–Crippen LogP) is 5.47. The van der Waals surface area contributed by atoms with Gasteiger partial charge in [-0.3, -0.25) is 9.59 Å². The first-order chi connectivity index (χ1) is 12.8. The Balaban J connectivity index is 2.10. The van der Waals surface area contributed by atoms with Gasteiger partial charge in [-0.2, -0.15) is 0 Å². The molecular weight excluding hydrogens is 476 g/mol. The molecule has 5 nitrogen and oxygen atoms in total. The molecule has 2 aromatic rings. The van der Waals surface area contributed by atoms with Gasteiger partial charge in [0.25, 0.3) is 0 Å². The summed E-state index contributed by atoms with van der Waals surface area (Å²) in [6.07, 6.45) is 3.10. The van der Waals surface area contributed by atoms with Crippen LogP contribution in [0.15, 0.2) is 51.4 Å². The van der Waals surface area contributed by atoms with Crippen molar-refractivity contribution < 1.29 is 14.3 Å². The lowest BCUT2D eigenvalue weighted by Crippen LogP contribution is -2.17. The molecule has 0 aromatic heterocycles. The number of methoxy groups -OCH3 is 1. The lowest BCUT2D eigenvalue weighted by Gasteiger charge is -2.10. The third-order valence-electron chi connectivity index (χ3n) is 3.58. The molecule has 0 heterocycles. The summed E-state index contributed by atoms with van der Waals surface area (Å²) >= 11 is 6.85. The van der Waals surface area contributed by atoms with Gasteiger partial charge >= 0.3 is 0 Å². The minimum atomic E-state index is -0.291. The smallest absolute Gasteiger partial charge is 0.248 e. The highest BCUT2D eigenvalue weighted by atomic mass is 79.9. The Morgan fingerprint density at radius 3 is 2.37 bits per heavy atom. The van der Waals surface area contributed by atoms with E-state index in [-0.39, 0.29) is 17.7 Å². The zero-order chi connectivity index (χ0) is 20.0. The van der Waals surface area contributed by atoms with E-state index in [2.05, 4.69) is 42.5 Å². The second-order valence-corrected chi connectivity index (χ2v) is 7.83. The van der Waals surface area contributed by atoms with Gasteiger partial charge in [0.15, 0.2) is 0 Å². The number of ether oxygens (including phenoxy) is 1.